The van der Waals surface area contributed by atoms with Crippen LogP contribution < -0.4 is 10.2 Å². The fourth-order valence-electron chi connectivity index (χ4n) is 1.87. The zero-order valence-electron chi connectivity index (χ0n) is 11.9. The molecular formula is C13H24N4O. The monoisotopic (exact) mass is 252 g/mol. The lowest BCUT2D eigenvalue weighted by molar-refractivity contribution is 0.206. The molecule has 1 aromatic heterocycles. The molecule has 0 saturated heterocycles. The molecule has 5 heteroatoms. The zero-order valence-corrected chi connectivity index (χ0v) is 11.9. The molecule has 102 valence electrons. The maximum Gasteiger partial charge on any atom is 0.137 e. The second kappa shape index (κ2) is 7.87. The average molecular weight is 252 g/mol. The van der Waals surface area contributed by atoms with E-state index < -0.39 is 0 Å². The van der Waals surface area contributed by atoms with Crippen molar-refractivity contribution < 1.29 is 4.74 Å². The van der Waals surface area contributed by atoms with E-state index in [2.05, 4.69) is 34.0 Å². The number of likely N-dealkylation sites (N-methyl/N-ethyl adjacent to an activating group) is 1. The number of nitrogens with zero attached hydrogens (tertiary/aromatic N) is 3. The molecule has 0 aliphatic carbocycles. The van der Waals surface area contributed by atoms with Gasteiger partial charge in [0.1, 0.15) is 18.0 Å². The smallest absolute Gasteiger partial charge is 0.137 e. The largest absolute Gasteiger partial charge is 0.383 e. The lowest BCUT2D eigenvalue weighted by atomic mass is 10.1. The lowest BCUT2D eigenvalue weighted by Gasteiger charge is -2.22. The highest BCUT2D eigenvalue weighted by Crippen LogP contribution is 2.23. The molecule has 18 heavy (non-hydrogen) atoms. The van der Waals surface area contributed by atoms with Crippen LogP contribution in [0, 0.1) is 0 Å². The molecule has 1 rings (SSSR count). The molecular weight excluding hydrogens is 228 g/mol. The van der Waals surface area contributed by atoms with Crippen molar-refractivity contribution in [1.29, 1.82) is 0 Å². The summed E-state index contributed by atoms with van der Waals surface area (Å²) in [5, 5.41) is 3.30. The topological polar surface area (TPSA) is 50.3 Å². The van der Waals surface area contributed by atoms with Crippen LogP contribution >= 0.6 is 0 Å². The van der Waals surface area contributed by atoms with Crippen LogP contribution in [-0.4, -0.2) is 43.8 Å². The summed E-state index contributed by atoms with van der Waals surface area (Å²) >= 11 is 0. The standard InChI is InChI=1S/C13H24N4O/c1-5-7-11-12(14-6-2)15-10-16-13(11)17(3)8-9-18-4/h10H,5-9H2,1-4H3,(H,14,15,16). The maximum absolute atomic E-state index is 5.11. The van der Waals surface area contributed by atoms with Gasteiger partial charge in [-0.3, -0.25) is 0 Å². The van der Waals surface area contributed by atoms with Crippen LogP contribution in [0.1, 0.15) is 25.8 Å². The first kappa shape index (κ1) is 14.7. The van der Waals surface area contributed by atoms with Crippen LogP contribution in [0.3, 0.4) is 0 Å². The highest BCUT2D eigenvalue weighted by Gasteiger charge is 2.13. The fraction of sp³-hybridized carbons (Fsp3) is 0.692. The molecule has 0 amide bonds. The maximum atomic E-state index is 5.11. The van der Waals surface area contributed by atoms with Gasteiger partial charge < -0.3 is 15.0 Å². The Morgan fingerprint density at radius 2 is 2.11 bits per heavy atom. The van der Waals surface area contributed by atoms with Crippen LogP contribution in [0.25, 0.3) is 0 Å². The number of hydrogen-bond donors (Lipinski definition) is 1. The third kappa shape index (κ3) is 3.84. The fourth-order valence-corrected chi connectivity index (χ4v) is 1.87. The average Bonchev–Trinajstić information content (AvgIpc) is 2.38. The first-order valence-corrected chi connectivity index (χ1v) is 6.52. The molecule has 0 atom stereocenters. The Kier molecular flexibility index (Phi) is 6.43. The Morgan fingerprint density at radius 3 is 2.72 bits per heavy atom. The van der Waals surface area contributed by atoms with Crippen molar-refractivity contribution in [2.75, 3.05) is 44.1 Å². The summed E-state index contributed by atoms with van der Waals surface area (Å²) in [5.41, 5.74) is 1.19. The van der Waals surface area contributed by atoms with Gasteiger partial charge in [0.25, 0.3) is 0 Å². The molecule has 0 aliphatic rings. The predicted molar refractivity (Wildman–Crippen MR) is 75.3 cm³/mol. The molecule has 0 spiro atoms. The van der Waals surface area contributed by atoms with E-state index >= 15 is 0 Å². The summed E-state index contributed by atoms with van der Waals surface area (Å²) in [4.78, 5) is 10.9. The van der Waals surface area contributed by atoms with Gasteiger partial charge in [-0.1, -0.05) is 13.3 Å². The van der Waals surface area contributed by atoms with Gasteiger partial charge in [-0.2, -0.15) is 0 Å². The summed E-state index contributed by atoms with van der Waals surface area (Å²) in [6.45, 7) is 6.64. The Hall–Kier alpha value is -1.36. The molecule has 0 aliphatic heterocycles. The van der Waals surface area contributed by atoms with Crippen LogP contribution in [0.2, 0.25) is 0 Å². The van der Waals surface area contributed by atoms with E-state index in [1.807, 2.05) is 7.05 Å². The molecule has 1 N–H and O–H groups in total. The van der Waals surface area contributed by atoms with Crippen LogP contribution in [0.4, 0.5) is 11.6 Å². The quantitative estimate of drug-likeness (QED) is 0.766. The Balaban J connectivity index is 2.97. The van der Waals surface area contributed by atoms with Crippen molar-refractivity contribution in [2.24, 2.45) is 0 Å². The van der Waals surface area contributed by atoms with Crippen LogP contribution in [0.5, 0.6) is 0 Å². The van der Waals surface area contributed by atoms with Gasteiger partial charge in [0, 0.05) is 32.8 Å². The molecule has 0 unspecified atom stereocenters. The van der Waals surface area contributed by atoms with E-state index in [9.17, 15) is 0 Å². The van der Waals surface area contributed by atoms with E-state index in [0.717, 1.165) is 37.6 Å². The zero-order chi connectivity index (χ0) is 13.4. The van der Waals surface area contributed by atoms with Gasteiger partial charge in [0.2, 0.25) is 0 Å². The molecule has 5 nitrogen and oxygen atoms in total. The minimum absolute atomic E-state index is 0.697. The van der Waals surface area contributed by atoms with E-state index in [1.54, 1.807) is 13.4 Å². The van der Waals surface area contributed by atoms with Gasteiger partial charge in [0.05, 0.1) is 6.61 Å². The Bertz CT molecular complexity index is 357. The number of nitrogens with one attached hydrogen (secondary N) is 1. The number of ether oxygens (including phenoxy) is 1. The molecule has 0 bridgehead atoms. The number of hydrogen-bond acceptors (Lipinski definition) is 5. The first-order valence-electron chi connectivity index (χ1n) is 6.52. The molecule has 1 heterocycles. The highest BCUT2D eigenvalue weighted by atomic mass is 16.5. The first-order chi connectivity index (χ1) is 8.74. The van der Waals surface area contributed by atoms with Crippen molar-refractivity contribution in [2.45, 2.75) is 26.7 Å². The third-order valence-corrected chi connectivity index (χ3v) is 2.76. The van der Waals surface area contributed by atoms with Crippen molar-refractivity contribution in [3.05, 3.63) is 11.9 Å². The van der Waals surface area contributed by atoms with Crippen LogP contribution in [0.15, 0.2) is 6.33 Å². The third-order valence-electron chi connectivity index (χ3n) is 2.76. The molecule has 0 fully saturated rings. The molecule has 0 aromatic carbocycles. The Morgan fingerprint density at radius 1 is 1.33 bits per heavy atom. The molecule has 0 radical (unpaired) electrons. The summed E-state index contributed by atoms with van der Waals surface area (Å²) in [5.74, 6) is 1.95. The molecule has 1 aromatic rings. The van der Waals surface area contributed by atoms with E-state index in [-0.39, 0.29) is 0 Å². The summed E-state index contributed by atoms with van der Waals surface area (Å²) < 4.78 is 5.11. The second-order valence-electron chi connectivity index (χ2n) is 4.22. The summed E-state index contributed by atoms with van der Waals surface area (Å²) in [7, 11) is 3.75. The Labute approximate surface area is 110 Å². The van der Waals surface area contributed by atoms with Crippen LogP contribution in [-0.2, 0) is 11.2 Å². The van der Waals surface area contributed by atoms with E-state index in [1.165, 1.54) is 5.56 Å². The van der Waals surface area contributed by atoms with E-state index in [0.29, 0.717) is 6.61 Å². The summed E-state index contributed by atoms with van der Waals surface area (Å²) in [6, 6.07) is 0. The number of anilines is 2. The van der Waals surface area contributed by atoms with Crippen molar-refractivity contribution in [1.82, 2.24) is 9.97 Å². The van der Waals surface area contributed by atoms with Crippen molar-refractivity contribution in [3.8, 4) is 0 Å². The highest BCUT2D eigenvalue weighted by molar-refractivity contribution is 5.58. The predicted octanol–water partition coefficient (Wildman–Crippen LogP) is 1.94. The minimum Gasteiger partial charge on any atom is -0.383 e. The normalized spacial score (nSPS) is 10.4. The number of rotatable bonds is 8. The van der Waals surface area contributed by atoms with Crippen molar-refractivity contribution in [3.63, 3.8) is 0 Å². The van der Waals surface area contributed by atoms with Crippen molar-refractivity contribution >= 4 is 11.6 Å². The SMILES string of the molecule is CCCc1c(NCC)ncnc1N(C)CCOC. The van der Waals surface area contributed by atoms with Gasteiger partial charge in [-0.05, 0) is 13.3 Å². The van der Waals surface area contributed by atoms with Gasteiger partial charge in [-0.25, -0.2) is 9.97 Å². The van der Waals surface area contributed by atoms with E-state index in [4.69, 9.17) is 4.74 Å². The summed E-state index contributed by atoms with van der Waals surface area (Å²) in [6.07, 6.45) is 3.68. The molecule has 0 saturated carbocycles. The number of methoxy groups -OCH3 is 1. The minimum atomic E-state index is 0.697. The van der Waals surface area contributed by atoms with Gasteiger partial charge in [-0.15, -0.1) is 0 Å². The van der Waals surface area contributed by atoms with Gasteiger partial charge >= 0.3 is 0 Å². The van der Waals surface area contributed by atoms with Gasteiger partial charge in [0.15, 0.2) is 0 Å². The lowest BCUT2D eigenvalue weighted by Crippen LogP contribution is -2.25. The number of aromatic nitrogens is 2. The second-order valence-corrected chi connectivity index (χ2v) is 4.22.